The molecule has 1 aliphatic carbocycles. The van der Waals surface area contributed by atoms with Gasteiger partial charge in [-0.05, 0) is 75.2 Å². The number of nitrogens with two attached hydrogens (primary N) is 1. The standard InChI is InChI=1S/C31H27F4N5O5S/c1-14-29(2,27(36)43)19-12-22(39-23(24(19)45-14)15-5-8-18(32)9-6-15)30(44,31(33,34)35)13-37-25(41)17-7-10-20-21(11-17)46-28(38-20)40-26(42)16-3-4-16/h5-12,14,16,44H,3-4,13H2,1-2H3,(H2,36,43)(H,37,41)(H,38,40,42)/t14?,29-,30?/m0/s1. The summed E-state index contributed by atoms with van der Waals surface area (Å²) in [5, 5.41) is 16.5. The van der Waals surface area contributed by atoms with E-state index in [-0.39, 0.29) is 40.0 Å². The number of fused-ring (bicyclic) bond motifs is 2. The van der Waals surface area contributed by atoms with Gasteiger partial charge in [0.2, 0.25) is 17.4 Å². The number of benzene rings is 2. The number of aromatic nitrogens is 2. The van der Waals surface area contributed by atoms with Crippen molar-refractivity contribution in [1.82, 2.24) is 15.3 Å². The molecule has 6 rings (SSSR count). The lowest BCUT2D eigenvalue weighted by Crippen LogP contribution is -2.52. The van der Waals surface area contributed by atoms with Crippen LogP contribution in [0.3, 0.4) is 0 Å². The van der Waals surface area contributed by atoms with Crippen molar-refractivity contribution in [3.63, 3.8) is 0 Å². The van der Waals surface area contributed by atoms with Crippen molar-refractivity contribution < 1.29 is 41.8 Å². The number of ether oxygens (including phenoxy) is 1. The van der Waals surface area contributed by atoms with Gasteiger partial charge < -0.3 is 26.2 Å². The first-order valence-electron chi connectivity index (χ1n) is 14.2. The minimum Gasteiger partial charge on any atom is -0.487 e. The molecule has 15 heteroatoms. The number of anilines is 1. The Balaban J connectivity index is 1.35. The number of aliphatic hydroxyl groups is 1. The Hall–Kier alpha value is -4.63. The number of pyridine rings is 1. The molecule has 4 aromatic rings. The van der Waals surface area contributed by atoms with E-state index in [1.54, 1.807) is 0 Å². The van der Waals surface area contributed by atoms with Crippen molar-refractivity contribution in [3.8, 4) is 17.0 Å². The van der Waals surface area contributed by atoms with Crippen molar-refractivity contribution in [2.45, 2.75) is 50.0 Å². The molecule has 240 valence electrons. The molecular formula is C31H27F4N5O5S. The molecular weight excluding hydrogens is 630 g/mol. The second-order valence-electron chi connectivity index (χ2n) is 11.6. The van der Waals surface area contributed by atoms with Crippen molar-refractivity contribution in [3.05, 3.63) is 71.2 Å². The first-order chi connectivity index (χ1) is 21.6. The summed E-state index contributed by atoms with van der Waals surface area (Å²) in [5.74, 6) is -2.67. The van der Waals surface area contributed by atoms with Crippen molar-refractivity contribution in [2.75, 3.05) is 11.9 Å². The lowest BCUT2D eigenvalue weighted by molar-refractivity contribution is -0.265. The zero-order valence-corrected chi connectivity index (χ0v) is 25.2. The van der Waals surface area contributed by atoms with Crippen LogP contribution in [0.2, 0.25) is 0 Å². The zero-order chi connectivity index (χ0) is 33.2. The number of nitrogens with zero attached hydrogens (tertiary/aromatic N) is 2. The van der Waals surface area contributed by atoms with E-state index < -0.39 is 53.2 Å². The molecule has 46 heavy (non-hydrogen) atoms. The third-order valence-corrected chi connectivity index (χ3v) is 9.43. The number of carbonyl (C=O) groups is 3. The Kier molecular flexibility index (Phi) is 7.51. The fourth-order valence-corrected chi connectivity index (χ4v) is 6.13. The van der Waals surface area contributed by atoms with E-state index in [4.69, 9.17) is 10.5 Å². The molecule has 0 radical (unpaired) electrons. The van der Waals surface area contributed by atoms with Gasteiger partial charge in [0.1, 0.15) is 28.8 Å². The molecule has 0 bridgehead atoms. The van der Waals surface area contributed by atoms with E-state index in [9.17, 15) is 37.1 Å². The van der Waals surface area contributed by atoms with Gasteiger partial charge in [0.15, 0.2) is 5.13 Å². The average Bonchev–Trinajstić information content (AvgIpc) is 3.73. The van der Waals surface area contributed by atoms with Gasteiger partial charge in [-0.25, -0.2) is 14.4 Å². The Morgan fingerprint density at radius 1 is 1.11 bits per heavy atom. The number of thiazole rings is 1. The molecule has 0 spiro atoms. The van der Waals surface area contributed by atoms with Crippen LogP contribution in [0.25, 0.3) is 21.5 Å². The van der Waals surface area contributed by atoms with Crippen molar-refractivity contribution >= 4 is 44.4 Å². The number of primary amides is 1. The fourth-order valence-electron chi connectivity index (χ4n) is 5.22. The second-order valence-corrected chi connectivity index (χ2v) is 12.6. The van der Waals surface area contributed by atoms with Gasteiger partial charge >= 0.3 is 6.18 Å². The summed E-state index contributed by atoms with van der Waals surface area (Å²) in [6, 6.07) is 9.84. The number of hydrogen-bond acceptors (Lipinski definition) is 8. The lowest BCUT2D eigenvalue weighted by atomic mass is 9.77. The number of hydrogen-bond donors (Lipinski definition) is 4. The van der Waals surface area contributed by atoms with Gasteiger partial charge in [-0.1, -0.05) is 11.3 Å². The van der Waals surface area contributed by atoms with Crippen molar-refractivity contribution in [1.29, 1.82) is 0 Å². The SMILES string of the molecule is CC1Oc2c(cc(C(O)(CNC(=O)c3ccc4nc(NC(=O)C5CC5)sc4c3)C(F)(F)F)nc2-c2ccc(F)cc2)[C@@]1(C)C(N)=O. The predicted molar refractivity (Wildman–Crippen MR) is 160 cm³/mol. The molecule has 2 aromatic carbocycles. The first-order valence-corrected chi connectivity index (χ1v) is 15.0. The van der Waals surface area contributed by atoms with Crippen LogP contribution in [0.4, 0.5) is 22.7 Å². The molecule has 10 nitrogen and oxygen atoms in total. The summed E-state index contributed by atoms with van der Waals surface area (Å²) in [4.78, 5) is 46.2. The highest BCUT2D eigenvalue weighted by Gasteiger charge is 2.58. The molecule has 3 atom stereocenters. The Morgan fingerprint density at radius 2 is 1.80 bits per heavy atom. The molecule has 3 heterocycles. The number of nitrogens with one attached hydrogen (secondary N) is 2. The van der Waals surface area contributed by atoms with Crippen LogP contribution in [0.5, 0.6) is 5.75 Å². The number of rotatable bonds is 8. The molecule has 0 saturated heterocycles. The topological polar surface area (TPSA) is 157 Å². The van der Waals surface area contributed by atoms with Crippen LogP contribution in [0.1, 0.15) is 48.3 Å². The minimum absolute atomic E-state index is 0.0156. The third kappa shape index (κ3) is 5.32. The van der Waals surface area contributed by atoms with E-state index in [0.717, 1.165) is 42.4 Å². The van der Waals surface area contributed by atoms with Gasteiger partial charge in [-0.2, -0.15) is 13.2 Å². The Morgan fingerprint density at radius 3 is 2.43 bits per heavy atom. The van der Waals surface area contributed by atoms with Crippen molar-refractivity contribution in [2.24, 2.45) is 11.7 Å². The molecule has 5 N–H and O–H groups in total. The molecule has 3 amide bonds. The smallest absolute Gasteiger partial charge is 0.424 e. The maximum Gasteiger partial charge on any atom is 0.424 e. The van der Waals surface area contributed by atoms with Crippen LogP contribution >= 0.6 is 11.3 Å². The molecule has 1 fully saturated rings. The monoisotopic (exact) mass is 657 g/mol. The quantitative estimate of drug-likeness (QED) is 0.203. The van der Waals surface area contributed by atoms with Gasteiger partial charge in [-0.3, -0.25) is 14.4 Å². The molecule has 1 saturated carbocycles. The molecule has 2 unspecified atom stereocenters. The summed E-state index contributed by atoms with van der Waals surface area (Å²) in [6.07, 6.45) is -4.68. The Bertz CT molecular complexity index is 1890. The third-order valence-electron chi connectivity index (χ3n) is 8.50. The van der Waals surface area contributed by atoms with Gasteiger partial charge in [0, 0.05) is 22.6 Å². The average molecular weight is 658 g/mol. The second kappa shape index (κ2) is 11.0. The predicted octanol–water partition coefficient (Wildman–Crippen LogP) is 4.55. The first kappa shape index (κ1) is 31.4. The highest BCUT2D eigenvalue weighted by molar-refractivity contribution is 7.22. The maximum atomic E-state index is 14.7. The lowest BCUT2D eigenvalue weighted by Gasteiger charge is -2.31. The Labute approximate surface area is 263 Å². The summed E-state index contributed by atoms with van der Waals surface area (Å²) in [7, 11) is 0. The van der Waals surface area contributed by atoms with E-state index >= 15 is 0 Å². The molecule has 2 aromatic heterocycles. The molecule has 1 aliphatic heterocycles. The van der Waals surface area contributed by atoms with Crippen LogP contribution in [-0.4, -0.2) is 51.6 Å². The summed E-state index contributed by atoms with van der Waals surface area (Å²) in [6.45, 7) is 1.56. The summed E-state index contributed by atoms with van der Waals surface area (Å²) < 4.78 is 64.3. The van der Waals surface area contributed by atoms with E-state index in [2.05, 4.69) is 20.6 Å². The maximum absolute atomic E-state index is 14.7. The normalized spacial score (nSPS) is 20.5. The number of amides is 3. The largest absolute Gasteiger partial charge is 0.487 e. The van der Waals surface area contributed by atoms with Gasteiger partial charge in [-0.15, -0.1) is 0 Å². The van der Waals surface area contributed by atoms with E-state index in [1.165, 1.54) is 44.2 Å². The van der Waals surface area contributed by atoms with Crippen LogP contribution in [0, 0.1) is 11.7 Å². The van der Waals surface area contributed by atoms with Gasteiger partial charge in [0.05, 0.1) is 22.5 Å². The van der Waals surface area contributed by atoms with Gasteiger partial charge in [0.25, 0.3) is 5.91 Å². The minimum atomic E-state index is -5.37. The van der Waals surface area contributed by atoms with Crippen LogP contribution in [-0.2, 0) is 20.6 Å². The van der Waals surface area contributed by atoms with Crippen LogP contribution in [0.15, 0.2) is 48.5 Å². The summed E-state index contributed by atoms with van der Waals surface area (Å²) >= 11 is 1.11. The zero-order valence-electron chi connectivity index (χ0n) is 24.4. The molecule has 2 aliphatic rings. The number of halogens is 4. The summed E-state index contributed by atoms with van der Waals surface area (Å²) in [5.41, 5.74) is -0.229. The highest BCUT2D eigenvalue weighted by Crippen LogP contribution is 2.50. The van der Waals surface area contributed by atoms with Crippen LogP contribution < -0.4 is 21.1 Å². The van der Waals surface area contributed by atoms with E-state index in [1.807, 2.05) is 0 Å². The highest BCUT2D eigenvalue weighted by atomic mass is 32.1. The fraction of sp³-hybridized carbons (Fsp3) is 0.323. The van der Waals surface area contributed by atoms with E-state index in [0.29, 0.717) is 15.3 Å². The number of carbonyl (C=O) groups excluding carboxylic acids is 3. The number of alkyl halides is 3.